The average molecular weight is 276 g/mol. The number of benzene rings is 1. The molecule has 3 N–H and O–H groups in total. The van der Waals surface area contributed by atoms with Gasteiger partial charge in [0.15, 0.2) is 0 Å². The van der Waals surface area contributed by atoms with Crippen molar-refractivity contribution in [1.29, 1.82) is 0 Å². The zero-order chi connectivity index (χ0) is 13.8. The predicted octanol–water partition coefficient (Wildman–Crippen LogP) is 3.29. The molecule has 0 amide bonds. The largest absolute Gasteiger partial charge is 0.465 e. The van der Waals surface area contributed by atoms with Crippen molar-refractivity contribution in [3.05, 3.63) is 46.2 Å². The first-order valence-electron chi connectivity index (χ1n) is 5.90. The fourth-order valence-corrected chi connectivity index (χ4v) is 2.56. The normalized spacial score (nSPS) is 11.9. The summed E-state index contributed by atoms with van der Waals surface area (Å²) in [5, 5.41) is 5.34. The fourth-order valence-electron chi connectivity index (χ4n) is 1.82. The molecule has 0 saturated heterocycles. The lowest BCUT2D eigenvalue weighted by molar-refractivity contribution is 0.0602. The minimum absolute atomic E-state index is 0.134. The maximum Gasteiger partial charge on any atom is 0.340 e. The molecule has 1 aromatic carbocycles. The highest BCUT2D eigenvalue weighted by Gasteiger charge is 2.14. The molecule has 2 aromatic rings. The SMILES string of the molecule is COC(=O)c1cccc(NC(C)c2cccs2)c1N. The number of para-hydroxylation sites is 1. The Kier molecular flexibility index (Phi) is 4.06. The summed E-state index contributed by atoms with van der Waals surface area (Å²) in [6.07, 6.45) is 0. The van der Waals surface area contributed by atoms with Gasteiger partial charge in [-0.3, -0.25) is 0 Å². The Labute approximate surface area is 116 Å². The van der Waals surface area contributed by atoms with Gasteiger partial charge in [-0.2, -0.15) is 0 Å². The summed E-state index contributed by atoms with van der Waals surface area (Å²) in [6.45, 7) is 2.05. The smallest absolute Gasteiger partial charge is 0.340 e. The number of nitrogen functional groups attached to an aromatic ring is 1. The summed E-state index contributed by atoms with van der Waals surface area (Å²) in [7, 11) is 1.34. The van der Waals surface area contributed by atoms with Gasteiger partial charge < -0.3 is 15.8 Å². The van der Waals surface area contributed by atoms with E-state index in [0.717, 1.165) is 5.69 Å². The number of methoxy groups -OCH3 is 1. The zero-order valence-corrected chi connectivity index (χ0v) is 11.7. The molecule has 0 saturated carbocycles. The predicted molar refractivity (Wildman–Crippen MR) is 78.6 cm³/mol. The Hall–Kier alpha value is -2.01. The molecule has 1 heterocycles. The first kappa shape index (κ1) is 13.4. The van der Waals surface area contributed by atoms with E-state index >= 15 is 0 Å². The molecule has 0 radical (unpaired) electrons. The Bertz CT molecular complexity index is 567. The number of ether oxygens (including phenoxy) is 1. The van der Waals surface area contributed by atoms with E-state index in [1.54, 1.807) is 23.5 Å². The third-order valence-electron chi connectivity index (χ3n) is 2.85. The Morgan fingerprint density at radius 2 is 2.16 bits per heavy atom. The van der Waals surface area contributed by atoms with Gasteiger partial charge >= 0.3 is 5.97 Å². The molecule has 0 bridgehead atoms. The number of hydrogen-bond donors (Lipinski definition) is 2. The minimum atomic E-state index is -0.426. The fraction of sp³-hybridized carbons (Fsp3) is 0.214. The summed E-state index contributed by atoms with van der Waals surface area (Å²) in [6, 6.07) is 9.49. The van der Waals surface area contributed by atoms with Crippen LogP contribution in [0.15, 0.2) is 35.7 Å². The van der Waals surface area contributed by atoms with Crippen molar-refractivity contribution in [2.45, 2.75) is 13.0 Å². The van der Waals surface area contributed by atoms with Gasteiger partial charge in [-0.25, -0.2) is 4.79 Å². The van der Waals surface area contributed by atoms with E-state index in [2.05, 4.69) is 18.3 Å². The molecule has 1 atom stereocenters. The van der Waals surface area contributed by atoms with Crippen LogP contribution in [0.1, 0.15) is 28.2 Å². The highest BCUT2D eigenvalue weighted by Crippen LogP contribution is 2.28. The molecule has 0 aliphatic carbocycles. The van der Waals surface area contributed by atoms with Crippen molar-refractivity contribution in [1.82, 2.24) is 0 Å². The Morgan fingerprint density at radius 3 is 2.79 bits per heavy atom. The lowest BCUT2D eigenvalue weighted by Gasteiger charge is -2.16. The maximum absolute atomic E-state index is 11.6. The van der Waals surface area contributed by atoms with Crippen LogP contribution in [0.2, 0.25) is 0 Å². The highest BCUT2D eigenvalue weighted by atomic mass is 32.1. The molecule has 19 heavy (non-hydrogen) atoms. The van der Waals surface area contributed by atoms with Crippen molar-refractivity contribution < 1.29 is 9.53 Å². The van der Waals surface area contributed by atoms with E-state index in [1.165, 1.54) is 12.0 Å². The number of hydrogen-bond acceptors (Lipinski definition) is 5. The van der Waals surface area contributed by atoms with Crippen LogP contribution in [0.5, 0.6) is 0 Å². The van der Waals surface area contributed by atoms with Gasteiger partial charge in [-0.15, -0.1) is 11.3 Å². The number of rotatable bonds is 4. The van der Waals surface area contributed by atoms with Crippen molar-refractivity contribution in [2.24, 2.45) is 0 Å². The molecule has 1 unspecified atom stereocenters. The molecule has 0 aliphatic heterocycles. The number of thiophene rings is 1. The number of carbonyl (C=O) groups excluding carboxylic acids is 1. The van der Waals surface area contributed by atoms with E-state index in [1.807, 2.05) is 17.5 Å². The first-order chi connectivity index (χ1) is 9.13. The topological polar surface area (TPSA) is 64.3 Å². The van der Waals surface area contributed by atoms with Gasteiger partial charge in [0, 0.05) is 4.88 Å². The van der Waals surface area contributed by atoms with Crippen LogP contribution in [0, 0.1) is 0 Å². The van der Waals surface area contributed by atoms with E-state index in [0.29, 0.717) is 11.3 Å². The first-order valence-corrected chi connectivity index (χ1v) is 6.78. The summed E-state index contributed by atoms with van der Waals surface area (Å²) < 4.78 is 4.70. The highest BCUT2D eigenvalue weighted by molar-refractivity contribution is 7.10. The molecule has 1 aromatic heterocycles. The van der Waals surface area contributed by atoms with E-state index in [9.17, 15) is 4.79 Å². The number of anilines is 2. The summed E-state index contributed by atoms with van der Waals surface area (Å²) >= 11 is 1.68. The van der Waals surface area contributed by atoms with Crippen LogP contribution in [0.25, 0.3) is 0 Å². The van der Waals surface area contributed by atoms with Crippen molar-refractivity contribution in [3.63, 3.8) is 0 Å². The van der Waals surface area contributed by atoms with Gasteiger partial charge in [0.2, 0.25) is 0 Å². The van der Waals surface area contributed by atoms with Gasteiger partial charge in [-0.1, -0.05) is 12.1 Å². The van der Waals surface area contributed by atoms with Gasteiger partial charge in [0.1, 0.15) is 0 Å². The summed E-state index contributed by atoms with van der Waals surface area (Å²) in [4.78, 5) is 12.8. The molecule has 100 valence electrons. The molecule has 0 aliphatic rings. The molecular formula is C14H16N2O2S. The lowest BCUT2D eigenvalue weighted by atomic mass is 10.1. The summed E-state index contributed by atoms with van der Waals surface area (Å²) in [5.41, 5.74) is 7.54. The number of carbonyl (C=O) groups is 1. The van der Waals surface area contributed by atoms with E-state index in [4.69, 9.17) is 10.5 Å². The summed E-state index contributed by atoms with van der Waals surface area (Å²) in [5.74, 6) is -0.426. The Balaban J connectivity index is 2.24. The molecular weight excluding hydrogens is 260 g/mol. The number of nitrogens with one attached hydrogen (secondary N) is 1. The minimum Gasteiger partial charge on any atom is -0.465 e. The molecule has 4 nitrogen and oxygen atoms in total. The van der Waals surface area contributed by atoms with Crippen LogP contribution >= 0.6 is 11.3 Å². The van der Waals surface area contributed by atoms with Crippen LogP contribution in [0.3, 0.4) is 0 Å². The van der Waals surface area contributed by atoms with Gasteiger partial charge in [0.05, 0.1) is 30.1 Å². The molecule has 0 fully saturated rings. The second kappa shape index (κ2) is 5.75. The zero-order valence-electron chi connectivity index (χ0n) is 10.8. The van der Waals surface area contributed by atoms with Gasteiger partial charge in [0.25, 0.3) is 0 Å². The van der Waals surface area contributed by atoms with Crippen LogP contribution in [0.4, 0.5) is 11.4 Å². The lowest BCUT2D eigenvalue weighted by Crippen LogP contribution is -2.11. The maximum atomic E-state index is 11.6. The third-order valence-corrected chi connectivity index (χ3v) is 3.91. The number of esters is 1. The van der Waals surface area contributed by atoms with Crippen LogP contribution < -0.4 is 11.1 Å². The molecule has 0 spiro atoms. The van der Waals surface area contributed by atoms with Crippen LogP contribution in [-0.2, 0) is 4.74 Å². The van der Waals surface area contributed by atoms with Gasteiger partial charge in [-0.05, 0) is 30.5 Å². The monoisotopic (exact) mass is 276 g/mol. The molecule has 5 heteroatoms. The van der Waals surface area contributed by atoms with Crippen LogP contribution in [-0.4, -0.2) is 13.1 Å². The van der Waals surface area contributed by atoms with Crippen molar-refractivity contribution in [3.8, 4) is 0 Å². The van der Waals surface area contributed by atoms with E-state index < -0.39 is 5.97 Å². The standard InChI is InChI=1S/C14H16N2O2S/c1-9(12-7-4-8-19-12)16-11-6-3-5-10(13(11)15)14(17)18-2/h3-9,16H,15H2,1-2H3. The van der Waals surface area contributed by atoms with Crippen molar-refractivity contribution in [2.75, 3.05) is 18.2 Å². The second-order valence-corrected chi connectivity index (χ2v) is 5.12. The third kappa shape index (κ3) is 2.88. The average Bonchev–Trinajstić information content (AvgIpc) is 2.94. The second-order valence-electron chi connectivity index (χ2n) is 4.14. The molecule has 2 rings (SSSR count). The van der Waals surface area contributed by atoms with E-state index in [-0.39, 0.29) is 6.04 Å². The number of nitrogens with two attached hydrogens (primary N) is 1. The quantitative estimate of drug-likeness (QED) is 0.664. The van der Waals surface area contributed by atoms with Crippen molar-refractivity contribution >= 4 is 28.7 Å². The Morgan fingerprint density at radius 1 is 1.37 bits per heavy atom.